The molecule has 20 heavy (non-hydrogen) atoms. The third-order valence-electron chi connectivity index (χ3n) is 2.42. The number of carbonyl (C=O) groups excluding carboxylic acids is 1. The Balaban J connectivity index is 2.83. The van der Waals surface area contributed by atoms with Crippen LogP contribution in [0.4, 0.5) is 4.39 Å². The van der Waals surface area contributed by atoms with E-state index in [-0.39, 0.29) is 41.9 Å². The van der Waals surface area contributed by atoms with Crippen LogP contribution in [0.2, 0.25) is 25.1 Å². The number of hydrogen-bond acceptors (Lipinski definition) is 2. The maximum atomic E-state index is 13.4. The van der Waals surface area contributed by atoms with Crippen molar-refractivity contribution in [1.29, 1.82) is 0 Å². The molecule has 0 fully saturated rings. The average molecular weight is 373 g/mol. The predicted molar refractivity (Wildman–Crippen MR) is 80.1 cm³/mol. The average Bonchev–Trinajstić information content (AvgIpc) is 2.42. The molecule has 0 spiro atoms. The molecule has 0 atom stereocenters. The highest BCUT2D eigenvalue weighted by Gasteiger charge is 2.21. The number of pyridine rings is 1. The SMILES string of the molecule is O=Cc1cc(F)nc(-c2c(Cl)c(Cl)c(Cl)c(Cl)c2Cl)c1. The molecule has 2 rings (SSSR count). The molecule has 0 radical (unpaired) electrons. The molecule has 1 aromatic heterocycles. The van der Waals surface area contributed by atoms with Crippen molar-refractivity contribution in [2.24, 2.45) is 0 Å². The number of benzene rings is 1. The van der Waals surface area contributed by atoms with Gasteiger partial charge >= 0.3 is 0 Å². The van der Waals surface area contributed by atoms with Crippen molar-refractivity contribution < 1.29 is 9.18 Å². The van der Waals surface area contributed by atoms with E-state index in [1.807, 2.05) is 0 Å². The minimum atomic E-state index is -0.862. The van der Waals surface area contributed by atoms with Gasteiger partial charge in [-0.2, -0.15) is 4.39 Å². The summed E-state index contributed by atoms with van der Waals surface area (Å²) in [6.45, 7) is 0. The summed E-state index contributed by atoms with van der Waals surface area (Å²) in [5.41, 5.74) is 0.208. The van der Waals surface area contributed by atoms with Gasteiger partial charge in [0, 0.05) is 17.2 Å². The van der Waals surface area contributed by atoms with E-state index in [4.69, 9.17) is 58.0 Å². The predicted octanol–water partition coefficient (Wildman–Crippen LogP) is 5.97. The lowest BCUT2D eigenvalue weighted by atomic mass is 10.1. The molecular weight excluding hydrogens is 370 g/mol. The minimum absolute atomic E-state index is 0.0147. The van der Waals surface area contributed by atoms with Crippen LogP contribution in [0.25, 0.3) is 11.3 Å². The monoisotopic (exact) mass is 371 g/mol. The lowest BCUT2D eigenvalue weighted by Gasteiger charge is -2.12. The fourth-order valence-electron chi connectivity index (χ4n) is 1.54. The van der Waals surface area contributed by atoms with Crippen molar-refractivity contribution >= 4 is 64.3 Å². The second-order valence-corrected chi connectivity index (χ2v) is 5.56. The first kappa shape index (κ1) is 15.8. The van der Waals surface area contributed by atoms with Crippen LogP contribution in [0.1, 0.15) is 10.4 Å². The number of halogens is 6. The molecule has 0 aliphatic carbocycles. The number of carbonyl (C=O) groups is 1. The molecule has 0 aliphatic rings. The van der Waals surface area contributed by atoms with Crippen LogP contribution in [0.5, 0.6) is 0 Å². The molecule has 0 saturated carbocycles. The van der Waals surface area contributed by atoms with Crippen molar-refractivity contribution in [1.82, 2.24) is 4.98 Å². The van der Waals surface area contributed by atoms with Gasteiger partial charge in [-0.05, 0) is 6.07 Å². The highest BCUT2D eigenvalue weighted by molar-refractivity contribution is 6.56. The summed E-state index contributed by atoms with van der Waals surface area (Å²) in [4.78, 5) is 14.4. The number of nitrogens with zero attached hydrogens (tertiary/aromatic N) is 1. The van der Waals surface area contributed by atoms with Crippen LogP contribution >= 0.6 is 58.0 Å². The van der Waals surface area contributed by atoms with Crippen LogP contribution in [0.3, 0.4) is 0 Å². The summed E-state index contributed by atoms with van der Waals surface area (Å²) in [6.07, 6.45) is 0.467. The fraction of sp³-hybridized carbons (Fsp3) is 0. The quantitative estimate of drug-likeness (QED) is 0.281. The zero-order chi connectivity index (χ0) is 15.0. The Labute approximate surface area is 138 Å². The van der Waals surface area contributed by atoms with Gasteiger partial charge in [-0.3, -0.25) is 4.79 Å². The Kier molecular flexibility index (Phi) is 4.77. The summed E-state index contributed by atoms with van der Waals surface area (Å²) in [7, 11) is 0. The normalized spacial score (nSPS) is 10.7. The van der Waals surface area contributed by atoms with Gasteiger partial charge < -0.3 is 0 Å². The Morgan fingerprint density at radius 3 is 1.90 bits per heavy atom. The van der Waals surface area contributed by atoms with Crippen LogP contribution < -0.4 is 0 Å². The van der Waals surface area contributed by atoms with E-state index in [0.29, 0.717) is 6.29 Å². The molecule has 104 valence electrons. The van der Waals surface area contributed by atoms with E-state index in [0.717, 1.165) is 6.07 Å². The highest BCUT2D eigenvalue weighted by atomic mass is 35.5. The third-order valence-corrected chi connectivity index (χ3v) is 4.70. The van der Waals surface area contributed by atoms with Crippen molar-refractivity contribution in [3.8, 4) is 11.3 Å². The summed E-state index contributed by atoms with van der Waals surface area (Å²) in [5.74, 6) is -0.862. The standard InChI is InChI=1S/C12H3Cl5FNO/c13-8-7(9(14)11(16)12(17)10(8)15)5-1-4(3-20)2-6(18)19-5/h1-3H. The van der Waals surface area contributed by atoms with Gasteiger partial charge in [0.15, 0.2) is 0 Å². The zero-order valence-corrected chi connectivity index (χ0v) is 13.1. The van der Waals surface area contributed by atoms with Crippen LogP contribution in [-0.2, 0) is 0 Å². The molecule has 2 nitrogen and oxygen atoms in total. The summed E-state index contributed by atoms with van der Waals surface area (Å²) in [6, 6.07) is 2.28. The maximum Gasteiger partial charge on any atom is 0.214 e. The Morgan fingerprint density at radius 2 is 1.40 bits per heavy atom. The Bertz CT molecular complexity index is 690. The first-order chi connectivity index (χ1) is 9.36. The number of aldehydes is 1. The smallest absolute Gasteiger partial charge is 0.214 e. The number of aromatic nitrogens is 1. The van der Waals surface area contributed by atoms with Crippen molar-refractivity contribution in [2.45, 2.75) is 0 Å². The summed E-state index contributed by atoms with van der Waals surface area (Å²) >= 11 is 29.8. The minimum Gasteiger partial charge on any atom is -0.298 e. The van der Waals surface area contributed by atoms with Gasteiger partial charge in [0.25, 0.3) is 0 Å². The van der Waals surface area contributed by atoms with E-state index in [1.165, 1.54) is 6.07 Å². The Hall–Kier alpha value is -0.580. The molecule has 0 aliphatic heterocycles. The molecule has 2 aromatic rings. The zero-order valence-electron chi connectivity index (χ0n) is 9.36. The molecule has 0 amide bonds. The molecule has 0 saturated heterocycles. The van der Waals surface area contributed by atoms with Gasteiger partial charge in [0.1, 0.15) is 6.29 Å². The van der Waals surface area contributed by atoms with Gasteiger partial charge in [-0.15, -0.1) is 0 Å². The molecule has 8 heteroatoms. The number of rotatable bonds is 2. The van der Waals surface area contributed by atoms with E-state index in [9.17, 15) is 9.18 Å². The van der Waals surface area contributed by atoms with E-state index in [1.54, 1.807) is 0 Å². The fourth-order valence-corrected chi connectivity index (χ4v) is 2.87. The van der Waals surface area contributed by atoms with Crippen LogP contribution in [0, 0.1) is 5.95 Å². The van der Waals surface area contributed by atoms with Crippen molar-refractivity contribution in [3.05, 3.63) is 48.8 Å². The molecular formula is C12H3Cl5FNO. The second kappa shape index (κ2) is 6.04. The second-order valence-electron chi connectivity index (χ2n) is 3.67. The van der Waals surface area contributed by atoms with E-state index < -0.39 is 5.95 Å². The first-order valence-corrected chi connectivity index (χ1v) is 6.90. The summed E-state index contributed by atoms with van der Waals surface area (Å²) < 4.78 is 13.4. The van der Waals surface area contributed by atoms with E-state index in [2.05, 4.69) is 4.98 Å². The lowest BCUT2D eigenvalue weighted by molar-refractivity contribution is 0.112. The number of hydrogen-bond donors (Lipinski definition) is 0. The topological polar surface area (TPSA) is 30.0 Å². The first-order valence-electron chi connectivity index (χ1n) is 5.01. The molecule has 1 aromatic carbocycles. The van der Waals surface area contributed by atoms with Gasteiger partial charge in [-0.25, -0.2) is 4.98 Å². The van der Waals surface area contributed by atoms with Crippen LogP contribution in [-0.4, -0.2) is 11.3 Å². The third kappa shape index (κ3) is 2.74. The lowest BCUT2D eigenvalue weighted by Crippen LogP contribution is -1.95. The van der Waals surface area contributed by atoms with Crippen molar-refractivity contribution in [3.63, 3.8) is 0 Å². The molecule has 1 heterocycles. The van der Waals surface area contributed by atoms with Gasteiger partial charge in [0.05, 0.1) is 30.8 Å². The van der Waals surface area contributed by atoms with Crippen LogP contribution in [0.15, 0.2) is 12.1 Å². The Morgan fingerprint density at radius 1 is 0.900 bits per heavy atom. The maximum absolute atomic E-state index is 13.4. The molecule has 0 unspecified atom stereocenters. The highest BCUT2D eigenvalue weighted by Crippen LogP contribution is 2.47. The summed E-state index contributed by atoms with van der Waals surface area (Å²) in [5, 5.41) is -0.131. The van der Waals surface area contributed by atoms with Crippen molar-refractivity contribution in [2.75, 3.05) is 0 Å². The molecule has 0 N–H and O–H groups in total. The van der Waals surface area contributed by atoms with Gasteiger partial charge in [0.2, 0.25) is 5.95 Å². The van der Waals surface area contributed by atoms with Gasteiger partial charge in [-0.1, -0.05) is 58.0 Å². The van der Waals surface area contributed by atoms with E-state index >= 15 is 0 Å². The largest absolute Gasteiger partial charge is 0.298 e. The molecule has 0 bridgehead atoms.